The molecule has 1 N–H and O–H groups in total. The van der Waals surface area contributed by atoms with E-state index in [0.29, 0.717) is 0 Å². The van der Waals surface area contributed by atoms with Crippen LogP contribution >= 0.6 is 15.9 Å². The van der Waals surface area contributed by atoms with E-state index in [1.54, 1.807) is 6.33 Å². The topological polar surface area (TPSA) is 42.7 Å². The molecule has 0 radical (unpaired) electrons. The Morgan fingerprint density at radius 3 is 2.74 bits per heavy atom. The molecule has 0 saturated carbocycles. The fraction of sp³-hybridized carbons (Fsp3) is 0.111. The van der Waals surface area contributed by atoms with Crippen LogP contribution < -0.4 is 5.32 Å². The Morgan fingerprint density at radius 2 is 1.96 bits per heavy atom. The lowest BCUT2D eigenvalue weighted by molar-refractivity contribution is 0.611. The average molecular weight is 367 g/mol. The second-order valence-electron chi connectivity index (χ2n) is 5.60. The lowest BCUT2D eigenvalue weighted by Crippen LogP contribution is -2.20. The molecule has 2 heterocycles. The molecular weight excluding hydrogens is 352 g/mol. The highest BCUT2D eigenvalue weighted by Gasteiger charge is 2.23. The summed E-state index contributed by atoms with van der Waals surface area (Å²) in [5, 5.41) is 7.74. The van der Waals surface area contributed by atoms with Crippen molar-refractivity contribution in [1.29, 1.82) is 0 Å². The van der Waals surface area contributed by atoms with Gasteiger partial charge in [0.2, 0.25) is 5.95 Å². The van der Waals surface area contributed by atoms with Gasteiger partial charge in [0.1, 0.15) is 12.4 Å². The maximum Gasteiger partial charge on any atom is 0.226 e. The molecule has 5 heteroatoms. The fourth-order valence-electron chi connectivity index (χ4n) is 2.76. The van der Waals surface area contributed by atoms with Gasteiger partial charge in [-0.05, 0) is 36.3 Å². The Hall–Kier alpha value is -2.40. The van der Waals surface area contributed by atoms with Crippen molar-refractivity contribution in [2.45, 2.75) is 13.0 Å². The van der Waals surface area contributed by atoms with E-state index in [1.807, 2.05) is 16.8 Å². The van der Waals surface area contributed by atoms with Gasteiger partial charge in [-0.3, -0.25) is 0 Å². The van der Waals surface area contributed by atoms with Gasteiger partial charge in [-0.1, -0.05) is 57.9 Å². The fourth-order valence-corrected chi connectivity index (χ4v) is 3.18. The minimum atomic E-state index is 0.0163. The number of hydrogen-bond acceptors (Lipinski definition) is 3. The molecule has 0 bridgehead atoms. The molecule has 1 aliphatic rings. The van der Waals surface area contributed by atoms with Crippen molar-refractivity contribution in [2.75, 3.05) is 5.32 Å². The summed E-state index contributed by atoms with van der Waals surface area (Å²) in [6.45, 7) is 2.09. The Kier molecular flexibility index (Phi) is 3.50. The second-order valence-corrected chi connectivity index (χ2v) is 6.52. The Labute approximate surface area is 143 Å². The molecule has 1 atom stereocenters. The predicted molar refractivity (Wildman–Crippen MR) is 95.1 cm³/mol. The zero-order valence-electron chi connectivity index (χ0n) is 12.6. The van der Waals surface area contributed by atoms with Crippen molar-refractivity contribution in [2.24, 2.45) is 0 Å². The molecule has 3 aromatic rings. The molecule has 1 aromatic heterocycles. The monoisotopic (exact) mass is 366 g/mol. The number of aryl methyl sites for hydroxylation is 1. The van der Waals surface area contributed by atoms with Crippen LogP contribution in [0.1, 0.15) is 22.7 Å². The minimum Gasteiger partial charge on any atom is -0.324 e. The molecule has 1 aliphatic heterocycles. The average Bonchev–Trinajstić information content (AvgIpc) is 3.03. The maximum absolute atomic E-state index is 4.37. The van der Waals surface area contributed by atoms with E-state index in [1.165, 1.54) is 5.56 Å². The van der Waals surface area contributed by atoms with Gasteiger partial charge in [-0.2, -0.15) is 10.1 Å². The highest BCUT2D eigenvalue weighted by atomic mass is 79.9. The quantitative estimate of drug-likeness (QED) is 0.730. The molecule has 0 spiro atoms. The Bertz CT molecular complexity index is 880. The van der Waals surface area contributed by atoms with E-state index in [4.69, 9.17) is 0 Å². The summed E-state index contributed by atoms with van der Waals surface area (Å²) in [7, 11) is 0. The zero-order chi connectivity index (χ0) is 15.8. The largest absolute Gasteiger partial charge is 0.324 e. The zero-order valence-corrected chi connectivity index (χ0v) is 14.2. The van der Waals surface area contributed by atoms with Crippen molar-refractivity contribution in [3.63, 3.8) is 0 Å². The van der Waals surface area contributed by atoms with Crippen molar-refractivity contribution in [1.82, 2.24) is 14.8 Å². The number of hydrogen-bond donors (Lipinski definition) is 1. The van der Waals surface area contributed by atoms with Gasteiger partial charge in [-0.15, -0.1) is 0 Å². The van der Waals surface area contributed by atoms with Crippen LogP contribution in [0, 0.1) is 6.92 Å². The van der Waals surface area contributed by atoms with Crippen molar-refractivity contribution < 1.29 is 0 Å². The van der Waals surface area contributed by atoms with E-state index in [-0.39, 0.29) is 6.04 Å². The lowest BCUT2D eigenvalue weighted by atomic mass is 10.0. The molecule has 0 aliphatic carbocycles. The normalized spacial score (nSPS) is 16.4. The first-order chi connectivity index (χ1) is 11.2. The summed E-state index contributed by atoms with van der Waals surface area (Å²) < 4.78 is 2.96. The molecule has 23 heavy (non-hydrogen) atoms. The third kappa shape index (κ3) is 2.68. The van der Waals surface area contributed by atoms with Crippen molar-refractivity contribution in [3.05, 3.63) is 82.1 Å². The van der Waals surface area contributed by atoms with Crippen molar-refractivity contribution >= 4 is 27.6 Å². The highest BCUT2D eigenvalue weighted by molar-refractivity contribution is 9.10. The number of anilines is 1. The van der Waals surface area contributed by atoms with Gasteiger partial charge < -0.3 is 5.32 Å². The van der Waals surface area contributed by atoms with Crippen LogP contribution in [-0.2, 0) is 0 Å². The first-order valence-electron chi connectivity index (χ1n) is 7.41. The number of fused-ring (bicyclic) bond motifs is 1. The van der Waals surface area contributed by atoms with E-state index >= 15 is 0 Å². The summed E-state index contributed by atoms with van der Waals surface area (Å²) in [6, 6.07) is 16.8. The van der Waals surface area contributed by atoms with Gasteiger partial charge in [0, 0.05) is 10.2 Å². The second kappa shape index (κ2) is 5.66. The van der Waals surface area contributed by atoms with Crippen molar-refractivity contribution in [3.8, 4) is 0 Å². The smallest absolute Gasteiger partial charge is 0.226 e. The van der Waals surface area contributed by atoms with Crippen LogP contribution in [0.5, 0.6) is 0 Å². The number of rotatable bonds is 2. The van der Waals surface area contributed by atoms with E-state index in [2.05, 4.69) is 80.7 Å². The lowest BCUT2D eigenvalue weighted by Gasteiger charge is -2.24. The highest BCUT2D eigenvalue weighted by Crippen LogP contribution is 2.32. The number of aromatic nitrogens is 3. The first kappa shape index (κ1) is 14.2. The van der Waals surface area contributed by atoms with E-state index in [9.17, 15) is 0 Å². The summed E-state index contributed by atoms with van der Waals surface area (Å²) in [4.78, 5) is 4.34. The summed E-state index contributed by atoms with van der Waals surface area (Å²) in [5.74, 6) is 0.757. The maximum atomic E-state index is 4.37. The predicted octanol–water partition coefficient (Wildman–Crippen LogP) is 4.41. The Morgan fingerprint density at radius 1 is 1.13 bits per heavy atom. The van der Waals surface area contributed by atoms with E-state index in [0.717, 1.165) is 27.2 Å². The molecule has 114 valence electrons. The van der Waals surface area contributed by atoms with Crippen LogP contribution in [0.4, 0.5) is 5.95 Å². The molecule has 0 amide bonds. The first-order valence-corrected chi connectivity index (χ1v) is 8.21. The molecule has 0 fully saturated rings. The van der Waals surface area contributed by atoms with Gasteiger partial charge in [-0.25, -0.2) is 4.68 Å². The third-order valence-corrected chi connectivity index (χ3v) is 4.45. The molecule has 4 nitrogen and oxygen atoms in total. The number of nitrogens with zero attached hydrogens (tertiary/aromatic N) is 3. The summed E-state index contributed by atoms with van der Waals surface area (Å²) in [6.07, 6.45) is 3.77. The number of halogens is 1. The van der Waals surface area contributed by atoms with Crippen LogP contribution in [0.25, 0.3) is 5.70 Å². The molecule has 0 unspecified atom stereocenters. The number of allylic oxidation sites excluding steroid dienone is 1. The summed E-state index contributed by atoms with van der Waals surface area (Å²) in [5.41, 5.74) is 4.61. The summed E-state index contributed by atoms with van der Waals surface area (Å²) >= 11 is 3.55. The van der Waals surface area contributed by atoms with Gasteiger partial charge in [0.25, 0.3) is 0 Å². The molecule has 0 saturated heterocycles. The number of benzene rings is 2. The van der Waals surface area contributed by atoms with Crippen LogP contribution in [0.2, 0.25) is 0 Å². The Balaban J connectivity index is 1.81. The van der Waals surface area contributed by atoms with Crippen LogP contribution in [0.15, 0.2) is 65.4 Å². The standard InChI is InChI=1S/C18H15BrN4/c1-12-5-7-13(8-6-12)16-10-17(14-3-2-4-15(19)9-14)23-18(22-16)20-11-21-23/h2-11,17H,1H3,(H,20,21,22)/t17-/m0/s1. The van der Waals surface area contributed by atoms with Gasteiger partial charge in [0.05, 0.1) is 0 Å². The van der Waals surface area contributed by atoms with Gasteiger partial charge in [0.15, 0.2) is 0 Å². The number of nitrogens with one attached hydrogen (secondary N) is 1. The third-order valence-electron chi connectivity index (χ3n) is 3.96. The minimum absolute atomic E-state index is 0.0163. The van der Waals surface area contributed by atoms with E-state index < -0.39 is 0 Å². The molecular formula is C18H15BrN4. The van der Waals surface area contributed by atoms with Crippen LogP contribution in [0.3, 0.4) is 0 Å². The van der Waals surface area contributed by atoms with Crippen LogP contribution in [-0.4, -0.2) is 14.8 Å². The molecule has 4 rings (SSSR count). The SMILES string of the molecule is Cc1ccc(C2=C[C@@H](c3cccc(Br)c3)n3ncnc3N2)cc1. The molecule has 2 aromatic carbocycles. The van der Waals surface area contributed by atoms with Gasteiger partial charge >= 0.3 is 0 Å².